The Bertz CT molecular complexity index is 1670. The van der Waals surface area contributed by atoms with Crippen molar-refractivity contribution in [2.24, 2.45) is 0 Å². The van der Waals surface area contributed by atoms with Crippen molar-refractivity contribution in [3.63, 3.8) is 0 Å². The van der Waals surface area contributed by atoms with Gasteiger partial charge in [-0.15, -0.1) is 0 Å². The van der Waals surface area contributed by atoms with E-state index in [9.17, 15) is 14.7 Å². The molecule has 0 radical (unpaired) electrons. The molecule has 9 heteroatoms. The number of nitrogens with zero attached hydrogens (tertiary/aromatic N) is 4. The number of rotatable bonds is 2. The molecule has 0 spiro atoms. The maximum Gasteiger partial charge on any atom is 0.254 e. The second-order valence-electron chi connectivity index (χ2n) is 12.0. The van der Waals surface area contributed by atoms with Gasteiger partial charge in [0.15, 0.2) is 17.3 Å². The van der Waals surface area contributed by atoms with Crippen LogP contribution in [0.2, 0.25) is 0 Å². The van der Waals surface area contributed by atoms with E-state index >= 15 is 0 Å². The number of hydrogen-bond acceptors (Lipinski definition) is 8. The van der Waals surface area contributed by atoms with Crippen molar-refractivity contribution >= 4 is 16.7 Å². The van der Waals surface area contributed by atoms with Crippen molar-refractivity contribution in [1.82, 2.24) is 19.4 Å². The monoisotopic (exact) mass is 542 g/mol. The molecule has 2 aromatic heterocycles. The number of piperazine rings is 1. The van der Waals surface area contributed by atoms with Crippen LogP contribution in [0.25, 0.3) is 22.3 Å². The van der Waals surface area contributed by atoms with Crippen LogP contribution in [0.5, 0.6) is 11.5 Å². The molecule has 9 nitrogen and oxygen atoms in total. The number of aliphatic hydroxyl groups is 1. The number of hydrogen-bond donors (Lipinski definition) is 1. The summed E-state index contributed by atoms with van der Waals surface area (Å²) in [5.74, 6) is 1.36. The van der Waals surface area contributed by atoms with Crippen LogP contribution >= 0.6 is 0 Å². The van der Waals surface area contributed by atoms with Crippen molar-refractivity contribution in [3.8, 4) is 22.9 Å². The number of Topliss-reactive ketones (excluding diaryl/α,β-unsaturated/α-hetero) is 1. The van der Waals surface area contributed by atoms with E-state index in [0.29, 0.717) is 43.0 Å². The Balaban J connectivity index is 1.39. The molecule has 5 heterocycles. The van der Waals surface area contributed by atoms with E-state index < -0.39 is 5.60 Å². The van der Waals surface area contributed by atoms with Crippen molar-refractivity contribution < 1.29 is 19.4 Å². The van der Waals surface area contributed by atoms with Gasteiger partial charge in [-0.05, 0) is 44.4 Å². The quantitative estimate of drug-likeness (QED) is 0.413. The number of fused-ring (bicyclic) bond motifs is 7. The highest BCUT2D eigenvalue weighted by Crippen LogP contribution is 2.51. The zero-order chi connectivity index (χ0) is 27.3. The van der Waals surface area contributed by atoms with Gasteiger partial charge in [0.05, 0.1) is 23.4 Å². The summed E-state index contributed by atoms with van der Waals surface area (Å²) in [6, 6.07) is 4.09. The van der Waals surface area contributed by atoms with Crippen molar-refractivity contribution in [2.45, 2.75) is 57.2 Å². The van der Waals surface area contributed by atoms with Crippen LogP contribution in [-0.2, 0) is 29.8 Å². The van der Waals surface area contributed by atoms with E-state index in [1.807, 2.05) is 16.7 Å². The first-order valence-corrected chi connectivity index (χ1v) is 14.6. The zero-order valence-corrected chi connectivity index (χ0v) is 23.1. The molecule has 40 heavy (non-hydrogen) atoms. The molecule has 3 aliphatic heterocycles. The SMILES string of the molecule is CC[C@@]1(O)C(=O)CCc2c1cc1n(c2=O)Cc2c-1nc1cc3c(c4c1c2C(N1CCN(C)CC1)CC4)OCCO3. The van der Waals surface area contributed by atoms with Gasteiger partial charge in [-0.1, -0.05) is 6.92 Å². The summed E-state index contributed by atoms with van der Waals surface area (Å²) < 4.78 is 14.0. The van der Waals surface area contributed by atoms with Crippen LogP contribution in [0.4, 0.5) is 0 Å². The van der Waals surface area contributed by atoms with Gasteiger partial charge in [-0.25, -0.2) is 4.98 Å². The summed E-state index contributed by atoms with van der Waals surface area (Å²) >= 11 is 0. The van der Waals surface area contributed by atoms with E-state index in [1.54, 1.807) is 6.92 Å². The first-order chi connectivity index (χ1) is 19.4. The van der Waals surface area contributed by atoms with Gasteiger partial charge in [0, 0.05) is 72.3 Å². The van der Waals surface area contributed by atoms with E-state index in [2.05, 4.69) is 16.8 Å². The second-order valence-corrected chi connectivity index (χ2v) is 12.0. The number of pyridine rings is 2. The number of aromatic nitrogens is 2. The fourth-order valence-corrected chi connectivity index (χ4v) is 7.79. The van der Waals surface area contributed by atoms with Crippen LogP contribution < -0.4 is 15.0 Å². The first-order valence-electron chi connectivity index (χ1n) is 14.6. The lowest BCUT2D eigenvalue weighted by atomic mass is 9.77. The topological polar surface area (TPSA) is 97.1 Å². The van der Waals surface area contributed by atoms with Crippen LogP contribution in [0.1, 0.15) is 60.0 Å². The Morgan fingerprint density at radius 3 is 2.62 bits per heavy atom. The number of carbonyl (C=O) groups is 1. The molecule has 1 N–H and O–H groups in total. The average molecular weight is 543 g/mol. The summed E-state index contributed by atoms with van der Waals surface area (Å²) in [4.78, 5) is 37.0. The maximum atomic E-state index is 13.9. The summed E-state index contributed by atoms with van der Waals surface area (Å²) in [7, 11) is 2.17. The first kappa shape index (κ1) is 24.5. The third-order valence-electron chi connectivity index (χ3n) is 9.98. The van der Waals surface area contributed by atoms with Gasteiger partial charge in [0.25, 0.3) is 5.56 Å². The highest BCUT2D eigenvalue weighted by molar-refractivity contribution is 5.96. The molecule has 0 saturated carbocycles. The summed E-state index contributed by atoms with van der Waals surface area (Å²) in [6.45, 7) is 7.33. The molecule has 0 amide bonds. The minimum Gasteiger partial charge on any atom is -0.486 e. The Labute approximate surface area is 232 Å². The minimum atomic E-state index is -1.63. The molecular weight excluding hydrogens is 508 g/mol. The fourth-order valence-electron chi connectivity index (χ4n) is 7.79. The third kappa shape index (κ3) is 3.22. The lowest BCUT2D eigenvalue weighted by Gasteiger charge is -2.41. The number of benzene rings is 1. The van der Waals surface area contributed by atoms with Crippen molar-refractivity contribution in [1.29, 1.82) is 0 Å². The molecular formula is C31H34N4O5. The van der Waals surface area contributed by atoms with Gasteiger partial charge < -0.3 is 24.0 Å². The Morgan fingerprint density at radius 1 is 1.02 bits per heavy atom. The van der Waals surface area contributed by atoms with Crippen LogP contribution in [0.3, 0.4) is 0 Å². The second kappa shape index (κ2) is 8.61. The predicted octanol–water partition coefficient (Wildman–Crippen LogP) is 2.54. The number of ether oxygens (including phenoxy) is 2. The van der Waals surface area contributed by atoms with Gasteiger partial charge in [-0.3, -0.25) is 14.5 Å². The molecule has 5 aliphatic rings. The third-order valence-corrected chi connectivity index (χ3v) is 9.98. The standard InChI is InChI=1S/C31H34N4O5/c1-3-31(38)20-14-23-28-19(16-35(23)30(37)17(20)5-7-25(31)36)27-22(34-10-8-33(2)9-11-34)6-4-18-26(27)21(32-28)15-24-29(18)40-13-12-39-24/h14-15,22,38H,3-13,16H2,1-2H3/t22?,31-/m0/s1. The largest absolute Gasteiger partial charge is 0.486 e. The molecule has 1 aromatic carbocycles. The molecule has 8 rings (SSSR count). The van der Waals surface area contributed by atoms with Crippen LogP contribution in [0, 0.1) is 0 Å². The number of aryl methyl sites for hydroxylation is 1. The molecule has 208 valence electrons. The molecule has 1 fully saturated rings. The van der Waals surface area contributed by atoms with E-state index in [0.717, 1.165) is 78.2 Å². The summed E-state index contributed by atoms with van der Waals surface area (Å²) in [5.41, 5.74) is 5.11. The lowest BCUT2D eigenvalue weighted by Crippen LogP contribution is -2.46. The number of carbonyl (C=O) groups excluding carboxylic acids is 1. The van der Waals surface area contributed by atoms with Crippen molar-refractivity contribution in [2.75, 3.05) is 46.4 Å². The smallest absolute Gasteiger partial charge is 0.254 e. The van der Waals surface area contributed by atoms with Gasteiger partial charge >= 0.3 is 0 Å². The molecule has 2 aliphatic carbocycles. The van der Waals surface area contributed by atoms with Gasteiger partial charge in [-0.2, -0.15) is 0 Å². The van der Waals surface area contributed by atoms with Crippen molar-refractivity contribution in [3.05, 3.63) is 50.3 Å². The Hall–Kier alpha value is -3.27. The molecule has 1 unspecified atom stereocenters. The van der Waals surface area contributed by atoms with Crippen LogP contribution in [-0.4, -0.2) is 76.7 Å². The van der Waals surface area contributed by atoms with Crippen LogP contribution in [0.15, 0.2) is 16.9 Å². The Kier molecular flexibility index (Phi) is 5.28. The highest BCUT2D eigenvalue weighted by atomic mass is 16.6. The predicted molar refractivity (Wildman–Crippen MR) is 149 cm³/mol. The number of ketones is 1. The lowest BCUT2D eigenvalue weighted by molar-refractivity contribution is -0.140. The minimum absolute atomic E-state index is 0.112. The highest BCUT2D eigenvalue weighted by Gasteiger charge is 2.44. The van der Waals surface area contributed by atoms with E-state index in [4.69, 9.17) is 14.5 Å². The summed E-state index contributed by atoms with van der Waals surface area (Å²) in [6.07, 6.45) is 2.65. The molecule has 3 aromatic rings. The van der Waals surface area contributed by atoms with Gasteiger partial charge in [0.1, 0.15) is 18.8 Å². The Morgan fingerprint density at radius 2 is 1.82 bits per heavy atom. The molecule has 2 atom stereocenters. The van der Waals surface area contributed by atoms with Gasteiger partial charge in [0.2, 0.25) is 0 Å². The molecule has 0 bridgehead atoms. The van der Waals surface area contributed by atoms with E-state index in [-0.39, 0.29) is 30.2 Å². The zero-order valence-electron chi connectivity index (χ0n) is 23.1. The summed E-state index contributed by atoms with van der Waals surface area (Å²) in [5, 5.41) is 12.6. The maximum absolute atomic E-state index is 13.9. The van der Waals surface area contributed by atoms with E-state index in [1.165, 1.54) is 5.56 Å². The molecule has 1 saturated heterocycles. The number of likely N-dealkylation sites (N-methyl/N-ethyl adjacent to an activating group) is 1. The normalized spacial score (nSPS) is 25.6. The fraction of sp³-hybridized carbons (Fsp3) is 0.516. The average Bonchev–Trinajstić information content (AvgIpc) is 3.34.